The molecule has 0 saturated heterocycles. The number of rotatable bonds is 1. The Hall–Kier alpha value is 2.53. The van der Waals surface area contributed by atoms with Gasteiger partial charge in [-0.25, -0.2) is 0 Å². The van der Waals surface area contributed by atoms with E-state index in [2.05, 4.69) is 26.7 Å². The van der Waals surface area contributed by atoms with Crippen LogP contribution in [-0.2, 0) is 14.8 Å². The van der Waals surface area contributed by atoms with Gasteiger partial charge >= 0.3 is 53.4 Å². The first-order valence-corrected chi connectivity index (χ1v) is 11.1. The normalized spacial score (nSPS) is 4.62. The average Bonchev–Trinajstić information content (AvgIpc) is 1.72. The van der Waals surface area contributed by atoms with E-state index in [1.54, 1.807) is 0 Å². The van der Waals surface area contributed by atoms with Gasteiger partial charge in [0, 0.05) is 0 Å². The van der Waals surface area contributed by atoms with Crippen molar-refractivity contribution in [1.82, 2.24) is 0 Å². The summed E-state index contributed by atoms with van der Waals surface area (Å²) in [5, 5.41) is 0. The zero-order valence-corrected chi connectivity index (χ0v) is 11.6. The molecule has 0 atom stereocenters. The first-order valence-electron chi connectivity index (χ1n) is 1.53. The van der Waals surface area contributed by atoms with Crippen LogP contribution in [0.1, 0.15) is 6.42 Å². The monoisotopic (exact) mass is 310 g/mol. The first-order chi connectivity index (χ1) is 2.91. The molecule has 0 fully saturated rings. The Morgan fingerprint density at radius 1 is 1.50 bits per heavy atom. The van der Waals surface area contributed by atoms with Gasteiger partial charge in [0.05, 0.1) is 0 Å². The fourth-order valence-electron chi connectivity index (χ4n) is 0. The summed E-state index contributed by atoms with van der Waals surface area (Å²) < 4.78 is 0. The van der Waals surface area contributed by atoms with E-state index >= 15 is 0 Å². The summed E-state index contributed by atoms with van der Waals surface area (Å²) in [5.74, 6) is 0.681. The molecule has 42 valence electrons. The third kappa shape index (κ3) is 38.8. The average molecular weight is 312 g/mol. The maximum atomic E-state index is 5.12. The van der Waals surface area contributed by atoms with E-state index < -0.39 is 0 Å². The van der Waals surface area contributed by atoms with Crippen LogP contribution in [0.3, 0.4) is 0 Å². The SMILES string of the molecule is [CH2-]CCCl.[Cl-].[Li+].[Zn+][I]. The molecule has 0 aliphatic carbocycles. The van der Waals surface area contributed by atoms with Crippen molar-refractivity contribution in [2.45, 2.75) is 6.42 Å². The summed E-state index contributed by atoms with van der Waals surface area (Å²) in [6.45, 7) is 3.47. The standard InChI is InChI=1S/C3H6Cl.ClH.HI.Li.Zn/c1-2-3-4;;;;/h1-3H2;2*1H;;/q-1;;;+1;+2/p-2. The van der Waals surface area contributed by atoms with Crippen LogP contribution < -0.4 is 31.3 Å². The second-order valence-corrected chi connectivity index (χ2v) is 0.921. The molecular formula is C3H6Cl2ILiZn. The third-order valence-electron chi connectivity index (χ3n) is 0.134. The number of hydrogen-bond donors (Lipinski definition) is 0. The van der Waals surface area contributed by atoms with E-state index in [9.17, 15) is 0 Å². The minimum atomic E-state index is 0. The van der Waals surface area contributed by atoms with Crippen molar-refractivity contribution in [3.8, 4) is 0 Å². The molecule has 0 aromatic carbocycles. The molecule has 0 radical (unpaired) electrons. The van der Waals surface area contributed by atoms with Crippen LogP contribution >= 0.6 is 31.4 Å². The molecule has 8 heavy (non-hydrogen) atoms. The van der Waals surface area contributed by atoms with Gasteiger partial charge in [-0.3, -0.25) is 0 Å². The van der Waals surface area contributed by atoms with Crippen LogP contribution in [0, 0.1) is 6.92 Å². The number of alkyl halides is 1. The van der Waals surface area contributed by atoms with Gasteiger partial charge < -0.3 is 19.3 Å². The molecule has 0 aliphatic rings. The quantitative estimate of drug-likeness (QED) is 0.203. The van der Waals surface area contributed by atoms with Gasteiger partial charge in [-0.05, 0) is 5.88 Å². The van der Waals surface area contributed by atoms with Crippen molar-refractivity contribution >= 4 is 31.4 Å². The van der Waals surface area contributed by atoms with Gasteiger partial charge in [0.15, 0.2) is 0 Å². The summed E-state index contributed by atoms with van der Waals surface area (Å²) >= 11 is 8.74. The summed E-state index contributed by atoms with van der Waals surface area (Å²) in [4.78, 5) is 0. The summed E-state index contributed by atoms with van der Waals surface area (Å²) in [6.07, 6.45) is 0.835. The molecule has 0 aromatic rings. The molecule has 0 aliphatic heterocycles. The fraction of sp³-hybridized carbons (Fsp3) is 0.667. The van der Waals surface area contributed by atoms with Crippen molar-refractivity contribution in [2.75, 3.05) is 5.88 Å². The minimum absolute atomic E-state index is 0. The van der Waals surface area contributed by atoms with Gasteiger partial charge in [0.1, 0.15) is 0 Å². The Labute approximate surface area is 95.3 Å². The van der Waals surface area contributed by atoms with Crippen molar-refractivity contribution in [3.63, 3.8) is 0 Å². The van der Waals surface area contributed by atoms with Gasteiger partial charge in [-0.2, -0.15) is 6.42 Å². The molecule has 0 aromatic heterocycles. The van der Waals surface area contributed by atoms with Crippen LogP contribution in [0.2, 0.25) is 0 Å². The van der Waals surface area contributed by atoms with Crippen molar-refractivity contribution in [3.05, 3.63) is 6.92 Å². The molecule has 0 bridgehead atoms. The summed E-state index contributed by atoms with van der Waals surface area (Å²) in [5.41, 5.74) is 0. The van der Waals surface area contributed by atoms with Crippen LogP contribution in [0.25, 0.3) is 0 Å². The second kappa shape index (κ2) is 33.8. The first kappa shape index (κ1) is 22.4. The number of halogens is 3. The Morgan fingerprint density at radius 2 is 1.62 bits per heavy atom. The molecule has 0 spiro atoms. The van der Waals surface area contributed by atoms with Crippen molar-refractivity contribution in [2.24, 2.45) is 0 Å². The van der Waals surface area contributed by atoms with Crippen molar-refractivity contribution < 1.29 is 46.1 Å². The van der Waals surface area contributed by atoms with Crippen LogP contribution in [0.5, 0.6) is 0 Å². The van der Waals surface area contributed by atoms with E-state index in [-0.39, 0.29) is 31.3 Å². The molecule has 0 rings (SSSR count). The molecular weight excluding hydrogens is 306 g/mol. The summed E-state index contributed by atoms with van der Waals surface area (Å²) in [6, 6.07) is 0. The molecule has 0 saturated carbocycles. The Balaban J connectivity index is -0.0000000183. The van der Waals surface area contributed by atoms with E-state index in [1.165, 1.54) is 14.8 Å². The van der Waals surface area contributed by atoms with E-state index in [1.807, 2.05) is 0 Å². The third-order valence-corrected chi connectivity index (χ3v) is 0.401. The molecule has 0 heterocycles. The predicted octanol–water partition coefficient (Wildman–Crippen LogP) is -3.66. The van der Waals surface area contributed by atoms with Gasteiger partial charge in [0.25, 0.3) is 0 Å². The van der Waals surface area contributed by atoms with E-state index in [4.69, 9.17) is 11.6 Å². The van der Waals surface area contributed by atoms with Crippen LogP contribution in [0.15, 0.2) is 0 Å². The van der Waals surface area contributed by atoms with Gasteiger partial charge in [-0.1, -0.05) is 0 Å². The Bertz CT molecular complexity index is 19.2. The molecule has 0 nitrogen and oxygen atoms in total. The topological polar surface area (TPSA) is 0 Å². The van der Waals surface area contributed by atoms with Crippen molar-refractivity contribution in [1.29, 1.82) is 0 Å². The fourth-order valence-corrected chi connectivity index (χ4v) is 0. The van der Waals surface area contributed by atoms with Crippen LogP contribution in [-0.4, -0.2) is 5.88 Å². The van der Waals surface area contributed by atoms with E-state index in [0.29, 0.717) is 5.88 Å². The van der Waals surface area contributed by atoms with Gasteiger partial charge in [0.2, 0.25) is 0 Å². The molecule has 0 N–H and O–H groups in total. The second-order valence-electron chi connectivity index (χ2n) is 0.543. The van der Waals surface area contributed by atoms with Crippen LogP contribution in [0.4, 0.5) is 0 Å². The van der Waals surface area contributed by atoms with Gasteiger partial charge in [-0.15, -0.1) is 11.6 Å². The maximum absolute atomic E-state index is 5.12. The summed E-state index contributed by atoms with van der Waals surface area (Å²) in [7, 11) is 0. The predicted molar refractivity (Wildman–Crippen MR) is 34.7 cm³/mol. The Morgan fingerprint density at radius 3 is 1.62 bits per heavy atom. The number of hydrogen-bond acceptors (Lipinski definition) is 0. The zero-order chi connectivity index (χ0) is 5.41. The molecule has 5 heteroatoms. The Kier molecular flexibility index (Phi) is 94.7. The molecule has 0 unspecified atom stereocenters. The zero-order valence-electron chi connectivity index (χ0n) is 4.96. The molecule has 0 amide bonds. The van der Waals surface area contributed by atoms with E-state index in [0.717, 1.165) is 6.42 Å².